The second-order valence-corrected chi connectivity index (χ2v) is 12.7. The number of amides is 1. The SMILES string of the molecule is C=CCCOC1CCC2C3CCC4CC5(CCC4=C3[C@@H](c3ccc(C(=O)N(C)OC)cc3)C[C@]12C)OCCO5. The molecule has 212 valence electrons. The van der Waals surface area contributed by atoms with Gasteiger partial charge in [0.25, 0.3) is 5.91 Å². The first-order valence-electron chi connectivity index (χ1n) is 15.0. The highest BCUT2D eigenvalue weighted by atomic mass is 16.7. The Morgan fingerprint density at radius 1 is 1.13 bits per heavy atom. The van der Waals surface area contributed by atoms with E-state index in [1.807, 2.05) is 18.2 Å². The van der Waals surface area contributed by atoms with E-state index in [-0.39, 0.29) is 17.1 Å². The molecule has 6 nitrogen and oxygen atoms in total. The number of fused-ring (bicyclic) bond motifs is 4. The fraction of sp³-hybridized carbons (Fsp3) is 0.667. The van der Waals surface area contributed by atoms with Crippen LogP contribution in [-0.2, 0) is 19.0 Å². The lowest BCUT2D eigenvalue weighted by Crippen LogP contribution is -2.47. The predicted octanol–water partition coefficient (Wildman–Crippen LogP) is 6.43. The topological polar surface area (TPSA) is 57.2 Å². The van der Waals surface area contributed by atoms with Gasteiger partial charge in [0.15, 0.2) is 5.79 Å². The van der Waals surface area contributed by atoms with Crippen LogP contribution in [0.25, 0.3) is 0 Å². The summed E-state index contributed by atoms with van der Waals surface area (Å²) in [7, 11) is 3.17. The molecule has 39 heavy (non-hydrogen) atoms. The van der Waals surface area contributed by atoms with E-state index in [2.05, 4.69) is 25.6 Å². The van der Waals surface area contributed by atoms with Gasteiger partial charge in [0.2, 0.25) is 0 Å². The molecule has 6 heteroatoms. The fourth-order valence-corrected chi connectivity index (χ4v) is 8.93. The first-order valence-corrected chi connectivity index (χ1v) is 15.0. The van der Waals surface area contributed by atoms with Crippen molar-refractivity contribution in [2.24, 2.45) is 23.2 Å². The van der Waals surface area contributed by atoms with Gasteiger partial charge in [-0.15, -0.1) is 6.58 Å². The van der Waals surface area contributed by atoms with Gasteiger partial charge >= 0.3 is 0 Å². The molecule has 6 rings (SSSR count). The largest absolute Gasteiger partial charge is 0.377 e. The number of benzene rings is 1. The molecule has 0 aromatic heterocycles. The van der Waals surface area contributed by atoms with Crippen molar-refractivity contribution in [3.63, 3.8) is 0 Å². The number of rotatable bonds is 7. The highest BCUT2D eigenvalue weighted by molar-refractivity contribution is 5.93. The van der Waals surface area contributed by atoms with Crippen molar-refractivity contribution in [1.82, 2.24) is 5.06 Å². The number of ether oxygens (including phenoxy) is 3. The molecule has 4 aliphatic carbocycles. The molecular formula is C33H45NO5. The van der Waals surface area contributed by atoms with Gasteiger partial charge < -0.3 is 14.2 Å². The lowest BCUT2D eigenvalue weighted by molar-refractivity contribution is -0.181. The molecule has 4 fully saturated rings. The van der Waals surface area contributed by atoms with Gasteiger partial charge in [0.05, 0.1) is 33.0 Å². The second kappa shape index (κ2) is 10.8. The fourth-order valence-electron chi connectivity index (χ4n) is 8.93. The maximum atomic E-state index is 12.7. The van der Waals surface area contributed by atoms with E-state index >= 15 is 0 Å². The highest BCUT2D eigenvalue weighted by Gasteiger charge is 2.58. The molecule has 6 atom stereocenters. The van der Waals surface area contributed by atoms with Crippen LogP contribution in [0.1, 0.15) is 86.6 Å². The number of hydroxylamine groups is 2. The molecule has 1 saturated heterocycles. The monoisotopic (exact) mass is 535 g/mol. The maximum Gasteiger partial charge on any atom is 0.277 e. The van der Waals surface area contributed by atoms with E-state index in [4.69, 9.17) is 19.0 Å². The van der Waals surface area contributed by atoms with Crippen LogP contribution in [0, 0.1) is 23.2 Å². The van der Waals surface area contributed by atoms with Gasteiger partial charge in [0.1, 0.15) is 0 Å². The molecule has 3 saturated carbocycles. The molecule has 1 heterocycles. The molecule has 1 amide bonds. The first-order chi connectivity index (χ1) is 18.9. The minimum Gasteiger partial charge on any atom is -0.377 e. The molecule has 1 aromatic rings. The molecule has 1 spiro atoms. The Morgan fingerprint density at radius 2 is 1.90 bits per heavy atom. The summed E-state index contributed by atoms with van der Waals surface area (Å²) in [6.45, 7) is 8.60. The van der Waals surface area contributed by atoms with Crippen molar-refractivity contribution >= 4 is 5.91 Å². The van der Waals surface area contributed by atoms with Crippen LogP contribution in [0.5, 0.6) is 0 Å². The average Bonchev–Trinajstić information content (AvgIpc) is 3.55. The zero-order valence-electron chi connectivity index (χ0n) is 24.0. The lowest BCUT2D eigenvalue weighted by Gasteiger charge is -2.54. The Bertz CT molecular complexity index is 1110. The van der Waals surface area contributed by atoms with Crippen LogP contribution < -0.4 is 0 Å². The number of hydrogen-bond donors (Lipinski definition) is 0. The van der Waals surface area contributed by atoms with E-state index in [1.54, 1.807) is 18.2 Å². The molecule has 0 radical (unpaired) electrons. The molecule has 5 aliphatic rings. The zero-order chi connectivity index (χ0) is 27.2. The summed E-state index contributed by atoms with van der Waals surface area (Å²) in [5.74, 6) is 1.68. The van der Waals surface area contributed by atoms with Crippen molar-refractivity contribution in [3.8, 4) is 0 Å². The minimum absolute atomic E-state index is 0.127. The second-order valence-electron chi connectivity index (χ2n) is 12.7. The van der Waals surface area contributed by atoms with Crippen LogP contribution in [0.3, 0.4) is 0 Å². The van der Waals surface area contributed by atoms with E-state index in [0.717, 1.165) is 58.3 Å². The van der Waals surface area contributed by atoms with Crippen molar-refractivity contribution < 1.29 is 23.8 Å². The van der Waals surface area contributed by atoms with E-state index in [0.29, 0.717) is 35.3 Å². The van der Waals surface area contributed by atoms with Crippen LogP contribution in [0.15, 0.2) is 48.1 Å². The lowest BCUT2D eigenvalue weighted by atomic mass is 9.52. The van der Waals surface area contributed by atoms with Gasteiger partial charge in [-0.25, -0.2) is 5.06 Å². The van der Waals surface area contributed by atoms with Crippen LogP contribution in [0.4, 0.5) is 0 Å². The Labute approximate surface area is 233 Å². The Hall–Kier alpha value is -1.99. The van der Waals surface area contributed by atoms with Crippen LogP contribution in [0.2, 0.25) is 0 Å². The number of carbonyl (C=O) groups excluding carboxylic acids is 1. The van der Waals surface area contributed by atoms with Crippen LogP contribution >= 0.6 is 0 Å². The van der Waals surface area contributed by atoms with Gasteiger partial charge in [-0.05, 0) is 85.8 Å². The van der Waals surface area contributed by atoms with E-state index < -0.39 is 0 Å². The molecule has 1 aromatic carbocycles. The number of allylic oxidation sites excluding steroid dienone is 2. The molecule has 4 unspecified atom stereocenters. The third-order valence-electron chi connectivity index (χ3n) is 10.8. The van der Waals surface area contributed by atoms with Gasteiger partial charge in [-0.2, -0.15) is 0 Å². The van der Waals surface area contributed by atoms with E-state index in [1.165, 1.54) is 37.0 Å². The first kappa shape index (κ1) is 27.2. The maximum absolute atomic E-state index is 12.7. The third-order valence-corrected chi connectivity index (χ3v) is 10.8. The van der Waals surface area contributed by atoms with Gasteiger partial charge in [0, 0.05) is 31.4 Å². The Morgan fingerprint density at radius 3 is 2.62 bits per heavy atom. The van der Waals surface area contributed by atoms with Crippen molar-refractivity contribution in [2.75, 3.05) is 34.0 Å². The van der Waals surface area contributed by atoms with Gasteiger partial charge in [-0.3, -0.25) is 9.63 Å². The summed E-state index contributed by atoms with van der Waals surface area (Å²) in [6.07, 6.45) is 12.2. The smallest absolute Gasteiger partial charge is 0.277 e. The molecular weight excluding hydrogens is 490 g/mol. The predicted molar refractivity (Wildman–Crippen MR) is 150 cm³/mol. The Kier molecular flexibility index (Phi) is 7.51. The molecule has 0 N–H and O–H groups in total. The highest BCUT2D eigenvalue weighted by Crippen LogP contribution is 2.65. The standard InChI is InChI=1S/C33H45NO5/c1-5-6-17-37-29-14-13-28-26-12-11-24-20-33(38-18-19-39-33)16-15-25(24)30(26)27(21-32(28,29)2)22-7-9-23(10-8-22)31(35)34(3)36-4/h5,7-10,24,26-29H,1,6,11-21H2,2-4H3/t24?,26?,27-,28?,29?,32+/m1/s1. The minimum atomic E-state index is -0.354. The number of hydrogen-bond acceptors (Lipinski definition) is 5. The molecule has 1 aliphatic heterocycles. The number of carbonyl (C=O) groups is 1. The normalized spacial score (nSPS) is 34.9. The Balaban J connectivity index is 1.36. The summed E-state index contributed by atoms with van der Waals surface area (Å²) in [5, 5.41) is 1.28. The zero-order valence-corrected chi connectivity index (χ0v) is 24.0. The average molecular weight is 536 g/mol. The quantitative estimate of drug-likeness (QED) is 0.229. The summed E-state index contributed by atoms with van der Waals surface area (Å²) in [4.78, 5) is 17.8. The summed E-state index contributed by atoms with van der Waals surface area (Å²) in [6, 6.07) is 8.33. The summed E-state index contributed by atoms with van der Waals surface area (Å²) in [5.41, 5.74) is 5.52. The van der Waals surface area contributed by atoms with Crippen LogP contribution in [-0.4, -0.2) is 56.8 Å². The van der Waals surface area contributed by atoms with Crippen molar-refractivity contribution in [3.05, 3.63) is 59.2 Å². The molecule has 0 bridgehead atoms. The third kappa shape index (κ3) is 4.71. The number of nitrogens with zero attached hydrogens (tertiary/aromatic N) is 1. The van der Waals surface area contributed by atoms with Crippen molar-refractivity contribution in [2.45, 2.75) is 82.5 Å². The summed E-state index contributed by atoms with van der Waals surface area (Å²) >= 11 is 0. The van der Waals surface area contributed by atoms with Crippen molar-refractivity contribution in [1.29, 1.82) is 0 Å². The van der Waals surface area contributed by atoms with E-state index in [9.17, 15) is 4.79 Å². The van der Waals surface area contributed by atoms with Gasteiger partial charge in [-0.1, -0.05) is 36.3 Å². The summed E-state index contributed by atoms with van der Waals surface area (Å²) < 4.78 is 18.9.